The van der Waals surface area contributed by atoms with E-state index in [0.717, 1.165) is 11.3 Å². The number of amides is 1. The minimum atomic E-state index is -3.18. The molecule has 0 saturated carbocycles. The lowest BCUT2D eigenvalue weighted by Gasteiger charge is -2.35. The molecule has 2 aromatic rings. The quantitative estimate of drug-likeness (QED) is 0.832. The molecule has 0 N–H and O–H groups in total. The molecule has 1 amide bonds. The van der Waals surface area contributed by atoms with Crippen LogP contribution in [0.3, 0.4) is 0 Å². The third kappa shape index (κ3) is 3.33. The topological polar surface area (TPSA) is 85.2 Å². The second-order valence-corrected chi connectivity index (χ2v) is 8.18. The smallest absolute Gasteiger partial charge is 0.255 e. The van der Waals surface area contributed by atoms with Gasteiger partial charge >= 0.3 is 0 Å². The zero-order valence-electron chi connectivity index (χ0n) is 13.7. The van der Waals surface area contributed by atoms with E-state index in [1.54, 1.807) is 34.1 Å². The first kappa shape index (κ1) is 16.6. The summed E-state index contributed by atoms with van der Waals surface area (Å²) < 4.78 is 25.9. The highest BCUT2D eigenvalue weighted by molar-refractivity contribution is 7.91. The Labute approximate surface area is 141 Å². The number of hydrogen-bond donors (Lipinski definition) is 0. The molecule has 0 aliphatic carbocycles. The predicted molar refractivity (Wildman–Crippen MR) is 89.3 cm³/mol. The van der Waals surface area contributed by atoms with Crippen molar-refractivity contribution in [2.24, 2.45) is 0 Å². The van der Waals surface area contributed by atoms with Gasteiger partial charge in [0.15, 0.2) is 9.84 Å². The van der Waals surface area contributed by atoms with Crippen LogP contribution in [0.15, 0.2) is 30.7 Å². The zero-order chi connectivity index (χ0) is 17.3. The molecule has 1 aliphatic heterocycles. The van der Waals surface area contributed by atoms with Crippen LogP contribution in [0, 0.1) is 6.92 Å². The maximum atomic E-state index is 12.8. The van der Waals surface area contributed by atoms with Gasteiger partial charge in [0.05, 0.1) is 29.3 Å². The lowest BCUT2D eigenvalue weighted by Crippen LogP contribution is -2.46. The Balaban J connectivity index is 1.94. The number of pyridine rings is 1. The van der Waals surface area contributed by atoms with Gasteiger partial charge in [-0.2, -0.15) is 5.10 Å². The van der Waals surface area contributed by atoms with Crippen molar-refractivity contribution in [2.75, 3.05) is 18.1 Å². The van der Waals surface area contributed by atoms with Crippen LogP contribution >= 0.6 is 0 Å². The van der Waals surface area contributed by atoms with Crippen molar-refractivity contribution in [3.05, 3.63) is 47.5 Å². The van der Waals surface area contributed by atoms with E-state index in [2.05, 4.69) is 10.1 Å². The van der Waals surface area contributed by atoms with Gasteiger partial charge in [0.1, 0.15) is 0 Å². The summed E-state index contributed by atoms with van der Waals surface area (Å²) in [7, 11) is -3.18. The Hall–Kier alpha value is -2.22. The van der Waals surface area contributed by atoms with E-state index in [1.165, 1.54) is 6.20 Å². The van der Waals surface area contributed by atoms with Gasteiger partial charge in [-0.3, -0.25) is 14.5 Å². The van der Waals surface area contributed by atoms with Gasteiger partial charge in [-0.15, -0.1) is 0 Å². The first-order valence-corrected chi connectivity index (χ1v) is 9.68. The van der Waals surface area contributed by atoms with Crippen LogP contribution in [0.25, 0.3) is 0 Å². The summed E-state index contributed by atoms with van der Waals surface area (Å²) in [5, 5.41) is 4.21. The van der Waals surface area contributed by atoms with Crippen molar-refractivity contribution >= 4 is 15.7 Å². The number of nitrogens with zero attached hydrogens (tertiary/aromatic N) is 4. The molecule has 7 nitrogen and oxygen atoms in total. The molecule has 0 radical (unpaired) electrons. The lowest BCUT2D eigenvalue weighted by atomic mass is 10.1. The van der Waals surface area contributed by atoms with Crippen molar-refractivity contribution in [1.29, 1.82) is 0 Å². The van der Waals surface area contributed by atoms with Gasteiger partial charge in [0.25, 0.3) is 5.91 Å². The largest absolute Gasteiger partial charge is 0.329 e. The second kappa shape index (κ2) is 6.35. The predicted octanol–water partition coefficient (Wildman–Crippen LogP) is 1.22. The Morgan fingerprint density at radius 3 is 2.75 bits per heavy atom. The molecule has 0 bridgehead atoms. The van der Waals surface area contributed by atoms with E-state index < -0.39 is 15.9 Å². The van der Waals surface area contributed by atoms with Crippen molar-refractivity contribution in [2.45, 2.75) is 26.4 Å². The SMILES string of the molecule is CCn1cc([C@@H]2CS(=O)(=O)CCN2C(=O)c2ccc(C)nc2)cn1. The highest BCUT2D eigenvalue weighted by Gasteiger charge is 2.36. The third-order valence-corrected chi connectivity index (χ3v) is 5.84. The Kier molecular flexibility index (Phi) is 4.40. The average molecular weight is 348 g/mol. The number of aromatic nitrogens is 3. The Morgan fingerprint density at radius 1 is 1.33 bits per heavy atom. The van der Waals surface area contributed by atoms with Crippen molar-refractivity contribution in [3.8, 4) is 0 Å². The van der Waals surface area contributed by atoms with Crippen LogP contribution in [-0.4, -0.2) is 52.0 Å². The maximum absolute atomic E-state index is 12.8. The second-order valence-electron chi connectivity index (χ2n) is 5.95. The summed E-state index contributed by atoms with van der Waals surface area (Å²) in [4.78, 5) is 18.6. The molecular formula is C16H20N4O3S. The van der Waals surface area contributed by atoms with E-state index >= 15 is 0 Å². The highest BCUT2D eigenvalue weighted by Crippen LogP contribution is 2.28. The molecule has 0 spiro atoms. The number of sulfone groups is 1. The summed E-state index contributed by atoms with van der Waals surface area (Å²) in [6, 6.07) is 2.98. The van der Waals surface area contributed by atoms with Gasteiger partial charge < -0.3 is 4.90 Å². The van der Waals surface area contributed by atoms with Gasteiger partial charge in [-0.25, -0.2) is 8.42 Å². The highest BCUT2D eigenvalue weighted by atomic mass is 32.2. The first-order valence-electron chi connectivity index (χ1n) is 7.86. The molecule has 2 aromatic heterocycles. The minimum absolute atomic E-state index is 0.0174. The van der Waals surface area contributed by atoms with E-state index in [1.807, 2.05) is 13.8 Å². The lowest BCUT2D eigenvalue weighted by molar-refractivity contribution is 0.0697. The van der Waals surface area contributed by atoms with Crippen LogP contribution < -0.4 is 0 Å². The zero-order valence-corrected chi connectivity index (χ0v) is 14.5. The molecule has 0 aromatic carbocycles. The molecule has 1 fully saturated rings. The van der Waals surface area contributed by atoms with Crippen LogP contribution in [-0.2, 0) is 16.4 Å². The Morgan fingerprint density at radius 2 is 2.12 bits per heavy atom. The van der Waals surface area contributed by atoms with Crippen molar-refractivity contribution in [1.82, 2.24) is 19.7 Å². The summed E-state index contributed by atoms with van der Waals surface area (Å²) in [5.74, 6) is -0.296. The molecule has 8 heteroatoms. The third-order valence-electron chi connectivity index (χ3n) is 4.21. The van der Waals surface area contributed by atoms with E-state index in [9.17, 15) is 13.2 Å². The van der Waals surface area contributed by atoms with Crippen LogP contribution in [0.5, 0.6) is 0 Å². The fraction of sp³-hybridized carbons (Fsp3) is 0.438. The monoisotopic (exact) mass is 348 g/mol. The fourth-order valence-corrected chi connectivity index (χ4v) is 4.31. The molecular weight excluding hydrogens is 328 g/mol. The van der Waals surface area contributed by atoms with Gasteiger partial charge in [0, 0.05) is 36.7 Å². The van der Waals surface area contributed by atoms with E-state index in [4.69, 9.17) is 0 Å². The van der Waals surface area contributed by atoms with Crippen LogP contribution in [0.2, 0.25) is 0 Å². The van der Waals surface area contributed by atoms with E-state index in [-0.39, 0.29) is 24.0 Å². The van der Waals surface area contributed by atoms with Crippen LogP contribution in [0.4, 0.5) is 0 Å². The molecule has 24 heavy (non-hydrogen) atoms. The van der Waals surface area contributed by atoms with Crippen LogP contribution in [0.1, 0.15) is 34.6 Å². The van der Waals surface area contributed by atoms with Gasteiger partial charge in [-0.05, 0) is 26.0 Å². The first-order chi connectivity index (χ1) is 11.4. The number of carbonyl (C=O) groups excluding carboxylic acids is 1. The molecule has 3 heterocycles. The minimum Gasteiger partial charge on any atom is -0.329 e. The number of carbonyl (C=O) groups is 1. The number of aryl methyl sites for hydroxylation is 2. The number of hydrogen-bond acceptors (Lipinski definition) is 5. The summed E-state index contributed by atoms with van der Waals surface area (Å²) in [5.41, 5.74) is 2.04. The summed E-state index contributed by atoms with van der Waals surface area (Å²) in [6.07, 6.45) is 4.98. The standard InChI is InChI=1S/C16H20N4O3S/c1-3-19-10-14(9-18-19)15-11-24(22,23)7-6-20(15)16(21)13-5-4-12(2)17-8-13/h4-5,8-10,15H,3,6-7,11H2,1-2H3/t15-/m0/s1. The molecule has 1 aliphatic rings. The van der Waals surface area contributed by atoms with Crippen molar-refractivity contribution in [3.63, 3.8) is 0 Å². The molecule has 0 unspecified atom stereocenters. The molecule has 1 atom stereocenters. The summed E-state index contributed by atoms with van der Waals surface area (Å²) >= 11 is 0. The molecule has 3 rings (SSSR count). The fourth-order valence-electron chi connectivity index (χ4n) is 2.81. The van der Waals surface area contributed by atoms with Gasteiger partial charge in [0.2, 0.25) is 0 Å². The van der Waals surface area contributed by atoms with E-state index in [0.29, 0.717) is 12.1 Å². The molecule has 1 saturated heterocycles. The normalized spacial score (nSPS) is 20.1. The average Bonchev–Trinajstić information content (AvgIpc) is 3.03. The van der Waals surface area contributed by atoms with Gasteiger partial charge in [-0.1, -0.05) is 0 Å². The Bertz CT molecular complexity index is 842. The summed E-state index contributed by atoms with van der Waals surface area (Å²) in [6.45, 7) is 4.67. The van der Waals surface area contributed by atoms with Crippen molar-refractivity contribution < 1.29 is 13.2 Å². The molecule has 128 valence electrons. The maximum Gasteiger partial charge on any atom is 0.255 e. The number of rotatable bonds is 3.